The molecule has 24 heavy (non-hydrogen) atoms. The van der Waals surface area contributed by atoms with Crippen molar-refractivity contribution in [2.24, 2.45) is 0 Å². The summed E-state index contributed by atoms with van der Waals surface area (Å²) in [7, 11) is 0. The predicted molar refractivity (Wildman–Crippen MR) is 94.0 cm³/mol. The molecule has 2 N–H and O–H groups in total. The smallest absolute Gasteiger partial charge is 0.199 e. The Balaban J connectivity index is 1.63. The Kier molecular flexibility index (Phi) is 3.96. The Morgan fingerprint density at radius 1 is 1.21 bits per heavy atom. The Morgan fingerprint density at radius 3 is 2.79 bits per heavy atom. The number of aromatic hydroxyl groups is 1. The molecule has 0 aliphatic carbocycles. The maximum absolute atomic E-state index is 10.3. The zero-order valence-corrected chi connectivity index (χ0v) is 13.7. The van der Waals surface area contributed by atoms with E-state index < -0.39 is 0 Å². The predicted octanol–water partition coefficient (Wildman–Crippen LogP) is 3.08. The van der Waals surface area contributed by atoms with E-state index in [1.54, 1.807) is 0 Å². The summed E-state index contributed by atoms with van der Waals surface area (Å²) in [6.45, 7) is 6.46. The van der Waals surface area contributed by atoms with Crippen LogP contribution in [-0.4, -0.2) is 46.3 Å². The van der Waals surface area contributed by atoms with Crippen molar-refractivity contribution in [2.45, 2.75) is 13.5 Å². The molecule has 1 saturated heterocycles. The van der Waals surface area contributed by atoms with Crippen LogP contribution in [0.25, 0.3) is 22.2 Å². The van der Waals surface area contributed by atoms with Crippen LogP contribution in [0, 0.1) is 6.92 Å². The van der Waals surface area contributed by atoms with Crippen LogP contribution in [0.2, 0.25) is 0 Å². The third-order valence-electron chi connectivity index (χ3n) is 4.53. The third kappa shape index (κ3) is 2.88. The first-order valence-electron chi connectivity index (χ1n) is 8.27. The van der Waals surface area contributed by atoms with Crippen LogP contribution in [0.4, 0.5) is 0 Å². The van der Waals surface area contributed by atoms with E-state index in [9.17, 15) is 5.11 Å². The third-order valence-corrected chi connectivity index (χ3v) is 4.53. The first-order valence-corrected chi connectivity index (χ1v) is 8.27. The second-order valence-electron chi connectivity index (χ2n) is 6.34. The van der Waals surface area contributed by atoms with Crippen LogP contribution >= 0.6 is 0 Å². The number of aryl methyl sites for hydroxylation is 1. The summed E-state index contributed by atoms with van der Waals surface area (Å²) in [5.41, 5.74) is 4.82. The van der Waals surface area contributed by atoms with Gasteiger partial charge in [0.25, 0.3) is 0 Å². The van der Waals surface area contributed by atoms with E-state index in [-0.39, 0.29) is 5.88 Å². The lowest BCUT2D eigenvalue weighted by molar-refractivity contribution is 0.0341. The van der Waals surface area contributed by atoms with Crippen molar-refractivity contribution in [1.29, 1.82) is 0 Å². The molecule has 0 unspecified atom stereocenters. The molecule has 0 spiro atoms. The van der Waals surface area contributed by atoms with Crippen molar-refractivity contribution in [3.63, 3.8) is 0 Å². The topological polar surface area (TPSA) is 61.4 Å². The highest BCUT2D eigenvalue weighted by molar-refractivity contribution is 5.98. The van der Waals surface area contributed by atoms with Crippen LogP contribution in [0.15, 0.2) is 36.5 Å². The summed E-state index contributed by atoms with van der Waals surface area (Å²) < 4.78 is 5.38. The number of nitrogens with zero attached hydrogens (tertiary/aromatic N) is 2. The second-order valence-corrected chi connectivity index (χ2v) is 6.34. The number of ether oxygens (including phenoxy) is 1. The molecule has 0 radical (unpaired) electrons. The Labute approximate surface area is 140 Å². The minimum Gasteiger partial charge on any atom is -0.494 e. The molecule has 0 amide bonds. The highest BCUT2D eigenvalue weighted by atomic mass is 16.5. The van der Waals surface area contributed by atoms with E-state index in [1.807, 2.05) is 31.3 Å². The van der Waals surface area contributed by atoms with Crippen LogP contribution in [0.1, 0.15) is 11.1 Å². The van der Waals surface area contributed by atoms with E-state index in [1.165, 1.54) is 5.56 Å². The zero-order valence-electron chi connectivity index (χ0n) is 13.7. The minimum atomic E-state index is 0.170. The Hall–Kier alpha value is -2.37. The van der Waals surface area contributed by atoms with Crippen LogP contribution in [0.5, 0.6) is 5.88 Å². The van der Waals surface area contributed by atoms with Gasteiger partial charge in [-0.15, -0.1) is 0 Å². The van der Waals surface area contributed by atoms with Gasteiger partial charge in [0.15, 0.2) is 5.88 Å². The number of hydrogen-bond donors (Lipinski definition) is 2. The van der Waals surface area contributed by atoms with Crippen molar-refractivity contribution in [1.82, 2.24) is 14.9 Å². The van der Waals surface area contributed by atoms with Gasteiger partial charge in [0.05, 0.1) is 24.5 Å². The van der Waals surface area contributed by atoms with Crippen molar-refractivity contribution in [3.05, 3.63) is 47.7 Å². The molecular weight excluding hydrogens is 302 g/mol. The molecule has 3 heterocycles. The quantitative estimate of drug-likeness (QED) is 0.777. The molecule has 1 aromatic carbocycles. The molecule has 1 aliphatic heterocycles. The van der Waals surface area contributed by atoms with Crippen molar-refractivity contribution >= 4 is 10.9 Å². The van der Waals surface area contributed by atoms with Crippen molar-refractivity contribution in [2.75, 3.05) is 26.3 Å². The van der Waals surface area contributed by atoms with Gasteiger partial charge in [-0.1, -0.05) is 17.7 Å². The fraction of sp³-hybridized carbons (Fsp3) is 0.316. The molecule has 124 valence electrons. The largest absolute Gasteiger partial charge is 0.494 e. The summed E-state index contributed by atoms with van der Waals surface area (Å²) in [4.78, 5) is 9.98. The number of aromatic amines is 1. The lowest BCUT2D eigenvalue weighted by Gasteiger charge is -2.26. The lowest BCUT2D eigenvalue weighted by atomic mass is 10.1. The molecular formula is C19H21N3O2. The molecule has 5 heteroatoms. The van der Waals surface area contributed by atoms with E-state index in [0.717, 1.165) is 60.6 Å². The van der Waals surface area contributed by atoms with Crippen molar-refractivity contribution in [3.8, 4) is 17.1 Å². The number of aromatic nitrogens is 2. The number of hydrogen-bond acceptors (Lipinski definition) is 4. The Morgan fingerprint density at radius 2 is 2.04 bits per heavy atom. The average Bonchev–Trinajstić information content (AvgIpc) is 2.92. The monoisotopic (exact) mass is 323 g/mol. The molecule has 0 saturated carbocycles. The molecule has 1 fully saturated rings. The van der Waals surface area contributed by atoms with Gasteiger partial charge in [-0.25, -0.2) is 0 Å². The second kappa shape index (κ2) is 6.26. The van der Waals surface area contributed by atoms with Gasteiger partial charge >= 0.3 is 0 Å². The van der Waals surface area contributed by atoms with Gasteiger partial charge in [-0.3, -0.25) is 9.88 Å². The number of rotatable bonds is 3. The van der Waals surface area contributed by atoms with E-state index in [4.69, 9.17) is 4.74 Å². The normalized spacial score (nSPS) is 15.9. The summed E-state index contributed by atoms with van der Waals surface area (Å²) in [5.74, 6) is 0.170. The van der Waals surface area contributed by atoms with Crippen LogP contribution in [-0.2, 0) is 11.3 Å². The van der Waals surface area contributed by atoms with Gasteiger partial charge in [0, 0.05) is 36.7 Å². The molecule has 5 nitrogen and oxygen atoms in total. The van der Waals surface area contributed by atoms with Gasteiger partial charge in [-0.05, 0) is 30.7 Å². The van der Waals surface area contributed by atoms with E-state index >= 15 is 0 Å². The summed E-state index contributed by atoms with van der Waals surface area (Å²) in [6, 6.07) is 10.2. The number of pyridine rings is 1. The summed E-state index contributed by atoms with van der Waals surface area (Å²) >= 11 is 0. The first-order chi connectivity index (χ1) is 11.7. The standard InChI is InChI=1S/C19H21N3O2/c1-13-2-4-16-15(10-13)18(19(23)21-16)17-5-3-14(11-20-17)12-22-6-8-24-9-7-22/h2-5,10-11,21,23H,6-9,12H2,1H3. The molecule has 1 aliphatic rings. The van der Waals surface area contributed by atoms with Gasteiger partial charge in [0.1, 0.15) is 0 Å². The average molecular weight is 323 g/mol. The summed E-state index contributed by atoms with van der Waals surface area (Å²) in [5, 5.41) is 11.3. The number of morpholine rings is 1. The van der Waals surface area contributed by atoms with E-state index in [0.29, 0.717) is 0 Å². The molecule has 3 aromatic rings. The highest BCUT2D eigenvalue weighted by Crippen LogP contribution is 2.35. The lowest BCUT2D eigenvalue weighted by Crippen LogP contribution is -2.35. The van der Waals surface area contributed by atoms with Crippen LogP contribution < -0.4 is 0 Å². The zero-order chi connectivity index (χ0) is 16.5. The number of H-pyrrole nitrogens is 1. The van der Waals surface area contributed by atoms with Gasteiger partial charge in [-0.2, -0.15) is 0 Å². The molecule has 0 bridgehead atoms. The molecule has 0 atom stereocenters. The number of nitrogens with one attached hydrogen (secondary N) is 1. The maximum Gasteiger partial charge on any atom is 0.199 e. The maximum atomic E-state index is 10.3. The summed E-state index contributed by atoms with van der Waals surface area (Å²) in [6.07, 6.45) is 1.90. The number of fused-ring (bicyclic) bond motifs is 1. The minimum absolute atomic E-state index is 0.170. The fourth-order valence-corrected chi connectivity index (χ4v) is 3.23. The molecule has 4 rings (SSSR count). The Bertz CT molecular complexity index is 849. The fourth-order valence-electron chi connectivity index (χ4n) is 3.23. The SMILES string of the molecule is Cc1ccc2[nH]c(O)c(-c3ccc(CN4CCOCC4)cn3)c2c1. The van der Waals surface area contributed by atoms with E-state index in [2.05, 4.69) is 27.0 Å². The molecule has 2 aromatic heterocycles. The number of benzene rings is 1. The first kappa shape index (κ1) is 15.2. The highest BCUT2D eigenvalue weighted by Gasteiger charge is 2.15. The van der Waals surface area contributed by atoms with Crippen LogP contribution in [0.3, 0.4) is 0 Å². The van der Waals surface area contributed by atoms with Gasteiger partial charge in [0.2, 0.25) is 0 Å². The van der Waals surface area contributed by atoms with Crippen molar-refractivity contribution < 1.29 is 9.84 Å². The van der Waals surface area contributed by atoms with Gasteiger partial charge < -0.3 is 14.8 Å².